The number of rotatable bonds is 5. The number of ether oxygens (including phenoxy) is 2. The molecule has 0 saturated heterocycles. The molecule has 0 heterocycles. The van der Waals surface area contributed by atoms with Gasteiger partial charge in [0.15, 0.2) is 0 Å². The third-order valence-electron chi connectivity index (χ3n) is 3.12. The molecule has 0 aromatic heterocycles. The Morgan fingerprint density at radius 2 is 1.81 bits per heavy atom. The third-order valence-corrected chi connectivity index (χ3v) is 3.34. The number of nitrogens with two attached hydrogens (primary N) is 1. The van der Waals surface area contributed by atoms with Gasteiger partial charge in [-0.25, -0.2) is 0 Å². The predicted molar refractivity (Wildman–Crippen MR) is 89.9 cm³/mol. The van der Waals surface area contributed by atoms with Crippen LogP contribution in [0.25, 0.3) is 0 Å². The minimum absolute atomic E-state index is 0.347. The summed E-state index contributed by atoms with van der Waals surface area (Å²) in [6.07, 6.45) is 0. The largest absolute Gasteiger partial charge is 0.497 e. The van der Waals surface area contributed by atoms with E-state index in [0.717, 1.165) is 28.3 Å². The topological polar surface area (TPSA) is 56.5 Å². The van der Waals surface area contributed by atoms with E-state index in [1.807, 2.05) is 43.3 Å². The molecule has 21 heavy (non-hydrogen) atoms. The van der Waals surface area contributed by atoms with Gasteiger partial charge in [0.05, 0.1) is 19.9 Å². The van der Waals surface area contributed by atoms with Gasteiger partial charge >= 0.3 is 0 Å². The van der Waals surface area contributed by atoms with Crippen molar-refractivity contribution in [2.24, 2.45) is 5.73 Å². The summed E-state index contributed by atoms with van der Waals surface area (Å²) in [6.45, 7) is 2.01. The first-order valence-electron chi connectivity index (χ1n) is 6.44. The van der Waals surface area contributed by atoms with Gasteiger partial charge in [-0.05, 0) is 36.8 Å². The maximum absolute atomic E-state index is 5.78. The highest BCUT2D eigenvalue weighted by molar-refractivity contribution is 7.80. The second-order valence-electron chi connectivity index (χ2n) is 4.60. The molecule has 0 fully saturated rings. The molecule has 0 spiro atoms. The Labute approximate surface area is 129 Å². The first-order valence-corrected chi connectivity index (χ1v) is 6.85. The van der Waals surface area contributed by atoms with Gasteiger partial charge in [0.2, 0.25) is 0 Å². The van der Waals surface area contributed by atoms with Gasteiger partial charge < -0.3 is 20.5 Å². The second kappa shape index (κ2) is 6.45. The lowest BCUT2D eigenvalue weighted by atomic mass is 10.1. The molecular formula is C16H18N2O2S. The summed E-state index contributed by atoms with van der Waals surface area (Å²) < 4.78 is 10.6. The quantitative estimate of drug-likeness (QED) is 0.829. The van der Waals surface area contributed by atoms with E-state index >= 15 is 0 Å². The van der Waals surface area contributed by atoms with Crippen LogP contribution in [0.4, 0.5) is 11.4 Å². The number of benzene rings is 2. The van der Waals surface area contributed by atoms with Gasteiger partial charge in [-0.15, -0.1) is 0 Å². The molecule has 0 aliphatic carbocycles. The summed E-state index contributed by atoms with van der Waals surface area (Å²) in [5.41, 5.74) is 9.32. The van der Waals surface area contributed by atoms with Crippen molar-refractivity contribution >= 4 is 28.6 Å². The molecule has 4 nitrogen and oxygen atoms in total. The lowest BCUT2D eigenvalue weighted by Crippen LogP contribution is -2.12. The van der Waals surface area contributed by atoms with Crippen LogP contribution in [0.15, 0.2) is 36.4 Å². The molecule has 3 N–H and O–H groups in total. The standard InChI is InChI=1S/C16H18N2O2S/c1-10-4-6-12(16(17)21)13(8-10)18-14-9-11(19-2)5-7-15(14)20-3/h4-9,18H,1-3H3,(H2,17,21). The Balaban J connectivity index is 2.46. The van der Waals surface area contributed by atoms with Crippen LogP contribution >= 0.6 is 12.2 Å². The van der Waals surface area contributed by atoms with E-state index in [4.69, 9.17) is 27.4 Å². The zero-order valence-corrected chi connectivity index (χ0v) is 13.1. The zero-order chi connectivity index (χ0) is 15.4. The fraction of sp³-hybridized carbons (Fsp3) is 0.188. The highest BCUT2D eigenvalue weighted by Crippen LogP contribution is 2.32. The van der Waals surface area contributed by atoms with Crippen molar-refractivity contribution in [2.75, 3.05) is 19.5 Å². The van der Waals surface area contributed by atoms with Crippen LogP contribution in [0.3, 0.4) is 0 Å². The van der Waals surface area contributed by atoms with Crippen molar-refractivity contribution in [3.05, 3.63) is 47.5 Å². The molecule has 0 aliphatic heterocycles. The molecular weight excluding hydrogens is 284 g/mol. The van der Waals surface area contributed by atoms with Gasteiger partial charge in [-0.2, -0.15) is 0 Å². The molecule has 0 radical (unpaired) electrons. The van der Waals surface area contributed by atoms with Crippen LogP contribution in [0, 0.1) is 6.92 Å². The SMILES string of the molecule is COc1ccc(OC)c(Nc2cc(C)ccc2C(N)=S)c1. The van der Waals surface area contributed by atoms with Crippen LogP contribution in [-0.4, -0.2) is 19.2 Å². The van der Waals surface area contributed by atoms with Crippen molar-refractivity contribution < 1.29 is 9.47 Å². The van der Waals surface area contributed by atoms with Crippen LogP contribution in [0.2, 0.25) is 0 Å². The molecule has 0 aliphatic rings. The number of thiocarbonyl (C=S) groups is 1. The van der Waals surface area contributed by atoms with Gasteiger partial charge in [-0.1, -0.05) is 18.3 Å². The Morgan fingerprint density at radius 3 is 2.43 bits per heavy atom. The number of nitrogens with one attached hydrogen (secondary N) is 1. The van der Waals surface area contributed by atoms with Gasteiger partial charge in [-0.3, -0.25) is 0 Å². The lowest BCUT2D eigenvalue weighted by molar-refractivity contribution is 0.405. The molecule has 0 amide bonds. The predicted octanol–water partition coefficient (Wildman–Crippen LogP) is 3.39. The molecule has 0 saturated carbocycles. The van der Waals surface area contributed by atoms with E-state index in [9.17, 15) is 0 Å². The Hall–Kier alpha value is -2.27. The fourth-order valence-corrected chi connectivity index (χ4v) is 2.21. The Kier molecular flexibility index (Phi) is 4.65. The van der Waals surface area contributed by atoms with E-state index < -0.39 is 0 Å². The van der Waals surface area contributed by atoms with E-state index in [1.165, 1.54) is 0 Å². The van der Waals surface area contributed by atoms with Gasteiger partial charge in [0.25, 0.3) is 0 Å². The van der Waals surface area contributed by atoms with E-state index in [0.29, 0.717) is 10.7 Å². The maximum Gasteiger partial charge on any atom is 0.142 e. The minimum atomic E-state index is 0.347. The highest BCUT2D eigenvalue weighted by atomic mass is 32.1. The molecule has 0 atom stereocenters. The number of hydrogen-bond acceptors (Lipinski definition) is 4. The number of anilines is 2. The highest BCUT2D eigenvalue weighted by Gasteiger charge is 2.10. The summed E-state index contributed by atoms with van der Waals surface area (Å²) in [6, 6.07) is 11.4. The van der Waals surface area contributed by atoms with E-state index in [2.05, 4.69) is 5.32 Å². The zero-order valence-electron chi connectivity index (χ0n) is 12.3. The van der Waals surface area contributed by atoms with Crippen LogP contribution < -0.4 is 20.5 Å². The second-order valence-corrected chi connectivity index (χ2v) is 5.04. The Bertz CT molecular complexity index is 671. The van der Waals surface area contributed by atoms with Gasteiger partial charge in [0.1, 0.15) is 16.5 Å². The molecule has 0 bridgehead atoms. The monoisotopic (exact) mass is 302 g/mol. The van der Waals surface area contributed by atoms with Crippen molar-refractivity contribution in [3.8, 4) is 11.5 Å². The first-order chi connectivity index (χ1) is 10.0. The molecule has 2 aromatic carbocycles. The van der Waals surface area contributed by atoms with Crippen molar-refractivity contribution in [3.63, 3.8) is 0 Å². The number of aryl methyl sites for hydroxylation is 1. The molecule has 2 aromatic rings. The summed E-state index contributed by atoms with van der Waals surface area (Å²) in [4.78, 5) is 0.347. The Morgan fingerprint density at radius 1 is 1.05 bits per heavy atom. The summed E-state index contributed by atoms with van der Waals surface area (Å²) in [5.74, 6) is 1.45. The van der Waals surface area contributed by atoms with Crippen molar-refractivity contribution in [2.45, 2.75) is 6.92 Å². The normalized spacial score (nSPS) is 10.0. The third kappa shape index (κ3) is 3.44. The van der Waals surface area contributed by atoms with Crippen molar-refractivity contribution in [1.82, 2.24) is 0 Å². The van der Waals surface area contributed by atoms with Crippen LogP contribution in [-0.2, 0) is 0 Å². The number of hydrogen-bond donors (Lipinski definition) is 2. The van der Waals surface area contributed by atoms with Crippen molar-refractivity contribution in [1.29, 1.82) is 0 Å². The smallest absolute Gasteiger partial charge is 0.142 e. The maximum atomic E-state index is 5.78. The lowest BCUT2D eigenvalue weighted by Gasteiger charge is -2.15. The minimum Gasteiger partial charge on any atom is -0.497 e. The first kappa shape index (κ1) is 15.1. The van der Waals surface area contributed by atoms with Crippen LogP contribution in [0.5, 0.6) is 11.5 Å². The molecule has 110 valence electrons. The van der Waals surface area contributed by atoms with E-state index in [-0.39, 0.29) is 0 Å². The summed E-state index contributed by atoms with van der Waals surface area (Å²) >= 11 is 5.10. The summed E-state index contributed by atoms with van der Waals surface area (Å²) in [5, 5.41) is 3.32. The molecule has 5 heteroatoms. The van der Waals surface area contributed by atoms with E-state index in [1.54, 1.807) is 14.2 Å². The van der Waals surface area contributed by atoms with Gasteiger partial charge in [0, 0.05) is 17.3 Å². The summed E-state index contributed by atoms with van der Waals surface area (Å²) in [7, 11) is 3.25. The fourth-order valence-electron chi connectivity index (χ4n) is 2.03. The molecule has 2 rings (SSSR count). The number of methoxy groups -OCH3 is 2. The molecule has 0 unspecified atom stereocenters. The average molecular weight is 302 g/mol. The average Bonchev–Trinajstić information content (AvgIpc) is 2.47. The van der Waals surface area contributed by atoms with Crippen LogP contribution in [0.1, 0.15) is 11.1 Å².